The minimum Gasteiger partial charge on any atom is -0.478 e. The van der Waals surface area contributed by atoms with Crippen LogP contribution in [0, 0.1) is 0 Å². The lowest BCUT2D eigenvalue weighted by Gasteiger charge is -2.28. The largest absolute Gasteiger partial charge is 0.478 e. The van der Waals surface area contributed by atoms with Crippen molar-refractivity contribution >= 4 is 15.8 Å². The fourth-order valence-corrected chi connectivity index (χ4v) is 3.50. The van der Waals surface area contributed by atoms with Crippen molar-refractivity contribution in [3.05, 3.63) is 30.3 Å². The quantitative estimate of drug-likeness (QED) is 0.830. The zero-order valence-corrected chi connectivity index (χ0v) is 11.8. The summed E-state index contributed by atoms with van der Waals surface area (Å²) in [7, 11) is -4.11. The molecule has 19 heavy (non-hydrogen) atoms. The van der Waals surface area contributed by atoms with Crippen LogP contribution in [0.1, 0.15) is 26.7 Å². The Balaban J connectivity index is 3.35. The lowest BCUT2D eigenvalue weighted by Crippen LogP contribution is -2.48. The Hall–Kier alpha value is -1.40. The predicted molar refractivity (Wildman–Crippen MR) is 70.5 cm³/mol. The van der Waals surface area contributed by atoms with Gasteiger partial charge in [-0.15, -0.1) is 0 Å². The maximum atomic E-state index is 12.5. The van der Waals surface area contributed by atoms with Crippen molar-refractivity contribution in [3.63, 3.8) is 0 Å². The van der Waals surface area contributed by atoms with E-state index in [1.165, 1.54) is 19.1 Å². The number of hydrogen-bond acceptors (Lipinski definition) is 4. The van der Waals surface area contributed by atoms with Gasteiger partial charge in [-0.1, -0.05) is 32.0 Å². The van der Waals surface area contributed by atoms with E-state index in [1.807, 2.05) is 0 Å². The first-order chi connectivity index (χ1) is 8.92. The molecule has 0 radical (unpaired) electrons. The molecule has 0 aliphatic carbocycles. The number of benzene rings is 1. The SMILES string of the molecule is CCCOC(CC)(C(=O)O)S(=O)(=O)c1ccccc1. The first-order valence-electron chi connectivity index (χ1n) is 6.09. The first-order valence-corrected chi connectivity index (χ1v) is 7.57. The summed E-state index contributed by atoms with van der Waals surface area (Å²) in [5.74, 6) is -1.48. The second kappa shape index (κ2) is 6.16. The molecule has 0 fully saturated rings. The summed E-state index contributed by atoms with van der Waals surface area (Å²) in [6.45, 7) is 3.36. The monoisotopic (exact) mass is 286 g/mol. The lowest BCUT2D eigenvalue weighted by atomic mass is 10.2. The van der Waals surface area contributed by atoms with Crippen LogP contribution in [0.3, 0.4) is 0 Å². The minimum atomic E-state index is -4.11. The van der Waals surface area contributed by atoms with Gasteiger partial charge in [0.1, 0.15) is 0 Å². The van der Waals surface area contributed by atoms with Crippen molar-refractivity contribution in [2.45, 2.75) is 36.5 Å². The van der Waals surface area contributed by atoms with Crippen molar-refractivity contribution in [2.24, 2.45) is 0 Å². The molecule has 1 aromatic carbocycles. The highest BCUT2D eigenvalue weighted by Crippen LogP contribution is 2.31. The molecular weight excluding hydrogens is 268 g/mol. The standard InChI is InChI=1S/C13H18O5S/c1-3-10-18-13(4-2,12(14)15)19(16,17)11-8-6-5-7-9-11/h5-9H,3-4,10H2,1-2H3,(H,14,15). The van der Waals surface area contributed by atoms with E-state index in [-0.39, 0.29) is 17.9 Å². The molecular formula is C13H18O5S. The molecule has 106 valence electrons. The van der Waals surface area contributed by atoms with Gasteiger partial charge in [0, 0.05) is 6.61 Å². The third-order valence-corrected chi connectivity index (χ3v) is 5.16. The van der Waals surface area contributed by atoms with Gasteiger partial charge in [-0.05, 0) is 25.0 Å². The van der Waals surface area contributed by atoms with E-state index in [4.69, 9.17) is 4.74 Å². The van der Waals surface area contributed by atoms with Crippen LogP contribution in [0.4, 0.5) is 0 Å². The third-order valence-electron chi connectivity index (χ3n) is 2.82. The van der Waals surface area contributed by atoms with Crippen LogP contribution >= 0.6 is 0 Å². The zero-order valence-electron chi connectivity index (χ0n) is 11.0. The Kier molecular flexibility index (Phi) is 5.08. The number of ether oxygens (including phenoxy) is 1. The smallest absolute Gasteiger partial charge is 0.352 e. The summed E-state index contributed by atoms with van der Waals surface area (Å²) in [5.41, 5.74) is 0. The lowest BCUT2D eigenvalue weighted by molar-refractivity contribution is -0.155. The van der Waals surface area contributed by atoms with Gasteiger partial charge in [0.25, 0.3) is 4.93 Å². The molecule has 0 amide bonds. The van der Waals surface area contributed by atoms with Gasteiger partial charge < -0.3 is 9.84 Å². The summed E-state index contributed by atoms with van der Waals surface area (Å²) in [6.07, 6.45) is 0.388. The minimum absolute atomic E-state index is 0.0460. The Labute approximate surface area is 113 Å². The van der Waals surface area contributed by atoms with Crippen LogP contribution in [0.2, 0.25) is 0 Å². The number of aliphatic carboxylic acids is 1. The molecule has 1 rings (SSSR count). The van der Waals surface area contributed by atoms with Gasteiger partial charge in [-0.3, -0.25) is 0 Å². The number of carboxylic acid groups (broad SMARTS) is 1. The predicted octanol–water partition coefficient (Wildman–Crippen LogP) is 2.08. The molecule has 0 aromatic heterocycles. The molecule has 0 aliphatic heterocycles. The summed E-state index contributed by atoms with van der Waals surface area (Å²) in [6, 6.07) is 7.51. The van der Waals surface area contributed by atoms with Crippen LogP contribution in [-0.2, 0) is 19.4 Å². The molecule has 1 atom stereocenters. The van der Waals surface area contributed by atoms with E-state index in [9.17, 15) is 18.3 Å². The summed E-state index contributed by atoms with van der Waals surface area (Å²) >= 11 is 0. The summed E-state index contributed by atoms with van der Waals surface area (Å²) in [4.78, 5) is 9.21. The normalized spacial score (nSPS) is 14.8. The van der Waals surface area contributed by atoms with Crippen molar-refractivity contribution in [3.8, 4) is 0 Å². The molecule has 0 saturated carbocycles. The molecule has 1 N–H and O–H groups in total. The highest BCUT2D eigenvalue weighted by atomic mass is 32.2. The van der Waals surface area contributed by atoms with Crippen LogP contribution in [-0.4, -0.2) is 31.0 Å². The van der Waals surface area contributed by atoms with Gasteiger partial charge in [0.05, 0.1) is 4.90 Å². The molecule has 1 unspecified atom stereocenters. The van der Waals surface area contributed by atoms with Gasteiger partial charge in [0.2, 0.25) is 9.84 Å². The molecule has 6 heteroatoms. The van der Waals surface area contributed by atoms with E-state index < -0.39 is 20.7 Å². The zero-order chi connectivity index (χ0) is 14.5. The molecule has 0 heterocycles. The number of rotatable bonds is 7. The van der Waals surface area contributed by atoms with Crippen molar-refractivity contribution < 1.29 is 23.1 Å². The van der Waals surface area contributed by atoms with E-state index in [2.05, 4.69) is 0 Å². The number of carboxylic acids is 1. The fraction of sp³-hybridized carbons (Fsp3) is 0.462. The molecule has 0 bridgehead atoms. The topological polar surface area (TPSA) is 80.7 Å². The average Bonchev–Trinajstić information content (AvgIpc) is 2.40. The summed E-state index contributed by atoms with van der Waals surface area (Å²) < 4.78 is 30.3. The van der Waals surface area contributed by atoms with Gasteiger partial charge in [0.15, 0.2) is 0 Å². The van der Waals surface area contributed by atoms with E-state index >= 15 is 0 Å². The average molecular weight is 286 g/mol. The number of sulfone groups is 1. The highest BCUT2D eigenvalue weighted by molar-refractivity contribution is 7.93. The first kappa shape index (κ1) is 15.7. The van der Waals surface area contributed by atoms with Gasteiger partial charge in [-0.2, -0.15) is 0 Å². The Morgan fingerprint density at radius 3 is 2.26 bits per heavy atom. The van der Waals surface area contributed by atoms with Gasteiger partial charge >= 0.3 is 5.97 Å². The molecule has 1 aromatic rings. The Morgan fingerprint density at radius 2 is 1.84 bits per heavy atom. The second-order valence-electron chi connectivity index (χ2n) is 4.08. The third kappa shape index (κ3) is 2.79. The van der Waals surface area contributed by atoms with Crippen molar-refractivity contribution in [2.75, 3.05) is 6.61 Å². The van der Waals surface area contributed by atoms with Crippen LogP contribution in [0.15, 0.2) is 35.2 Å². The highest BCUT2D eigenvalue weighted by Gasteiger charge is 2.51. The van der Waals surface area contributed by atoms with E-state index in [0.29, 0.717) is 6.42 Å². The van der Waals surface area contributed by atoms with Crippen molar-refractivity contribution in [1.29, 1.82) is 0 Å². The van der Waals surface area contributed by atoms with Crippen LogP contribution < -0.4 is 0 Å². The molecule has 0 saturated heterocycles. The molecule has 0 spiro atoms. The fourth-order valence-electron chi connectivity index (χ4n) is 1.75. The Morgan fingerprint density at radius 1 is 1.26 bits per heavy atom. The molecule has 5 nitrogen and oxygen atoms in total. The van der Waals surface area contributed by atoms with E-state index in [1.54, 1.807) is 25.1 Å². The number of carbonyl (C=O) groups is 1. The Bertz CT molecular complexity index is 523. The van der Waals surface area contributed by atoms with Crippen LogP contribution in [0.25, 0.3) is 0 Å². The number of hydrogen-bond donors (Lipinski definition) is 1. The van der Waals surface area contributed by atoms with E-state index in [0.717, 1.165) is 0 Å². The van der Waals surface area contributed by atoms with Crippen LogP contribution in [0.5, 0.6) is 0 Å². The second-order valence-corrected chi connectivity index (χ2v) is 6.21. The maximum Gasteiger partial charge on any atom is 0.352 e. The van der Waals surface area contributed by atoms with Gasteiger partial charge in [-0.25, -0.2) is 13.2 Å². The van der Waals surface area contributed by atoms with Crippen molar-refractivity contribution in [1.82, 2.24) is 0 Å². The molecule has 0 aliphatic rings. The summed E-state index contributed by atoms with van der Waals surface area (Å²) in [5, 5.41) is 9.34. The maximum absolute atomic E-state index is 12.5.